The van der Waals surface area contributed by atoms with Crippen molar-refractivity contribution in [1.82, 2.24) is 14.9 Å². The van der Waals surface area contributed by atoms with E-state index in [9.17, 15) is 9.59 Å². The Morgan fingerprint density at radius 2 is 2.00 bits per heavy atom. The van der Waals surface area contributed by atoms with Gasteiger partial charge in [-0.05, 0) is 31.5 Å². The summed E-state index contributed by atoms with van der Waals surface area (Å²) in [6.07, 6.45) is 3.14. The number of carbonyl (C=O) groups excluding carboxylic acids is 1. The number of aryl methyl sites for hydroxylation is 1. The number of fused-ring (bicyclic) bond motifs is 1. The highest BCUT2D eigenvalue weighted by molar-refractivity contribution is 6.30. The number of aromatic nitrogens is 2. The topological polar surface area (TPSA) is 64.0 Å². The first-order valence-corrected chi connectivity index (χ1v) is 8.32. The summed E-state index contributed by atoms with van der Waals surface area (Å²) in [5, 5.41) is 4.30. The average Bonchev–Trinajstić information content (AvgIpc) is 2.58. The zero-order valence-corrected chi connectivity index (χ0v) is 14.7. The number of benzene rings is 1. The summed E-state index contributed by atoms with van der Waals surface area (Å²) in [6.45, 7) is 3.88. The molecule has 0 bridgehead atoms. The third-order valence-corrected chi connectivity index (χ3v) is 4.30. The molecule has 0 radical (unpaired) electrons. The number of amides is 1. The Labute approximate surface area is 150 Å². The van der Waals surface area contributed by atoms with Gasteiger partial charge in [-0.25, -0.2) is 4.98 Å². The van der Waals surface area contributed by atoms with Crippen LogP contribution in [-0.4, -0.2) is 15.5 Å². The number of hydrogen-bond acceptors (Lipinski definition) is 3. The minimum atomic E-state index is -0.264. The van der Waals surface area contributed by atoms with Crippen LogP contribution in [0.2, 0.25) is 5.15 Å². The molecule has 2 aromatic heterocycles. The van der Waals surface area contributed by atoms with Gasteiger partial charge in [0.05, 0.1) is 11.4 Å². The minimum absolute atomic E-state index is 0.0507. The number of rotatable bonds is 4. The first-order chi connectivity index (χ1) is 11.9. The Morgan fingerprint density at radius 3 is 2.72 bits per heavy atom. The van der Waals surface area contributed by atoms with Crippen LogP contribution in [0.3, 0.4) is 0 Å². The Hall–Kier alpha value is -2.66. The average molecular weight is 356 g/mol. The predicted octanol–water partition coefficient (Wildman–Crippen LogP) is 3.24. The van der Waals surface area contributed by atoms with E-state index >= 15 is 0 Å². The van der Waals surface area contributed by atoms with E-state index in [1.165, 1.54) is 10.6 Å². The molecule has 2 heterocycles. The second-order valence-electron chi connectivity index (χ2n) is 6.04. The summed E-state index contributed by atoms with van der Waals surface area (Å²) >= 11 is 5.86. The van der Waals surface area contributed by atoms with E-state index in [1.807, 2.05) is 38.1 Å². The molecule has 1 amide bonds. The van der Waals surface area contributed by atoms with Crippen LogP contribution in [-0.2, 0) is 11.3 Å². The van der Waals surface area contributed by atoms with Crippen LogP contribution >= 0.6 is 11.6 Å². The highest BCUT2D eigenvalue weighted by Crippen LogP contribution is 2.14. The smallest absolute Gasteiger partial charge is 0.259 e. The zero-order valence-electron chi connectivity index (χ0n) is 14.0. The molecule has 128 valence electrons. The summed E-state index contributed by atoms with van der Waals surface area (Å²) in [5.41, 5.74) is 1.92. The molecule has 0 spiro atoms. The molecular weight excluding hydrogens is 338 g/mol. The van der Waals surface area contributed by atoms with E-state index in [-0.39, 0.29) is 29.2 Å². The van der Waals surface area contributed by atoms with Crippen LogP contribution in [0.5, 0.6) is 0 Å². The lowest BCUT2D eigenvalue weighted by molar-refractivity contribution is -0.122. The van der Waals surface area contributed by atoms with E-state index in [4.69, 9.17) is 11.6 Å². The highest BCUT2D eigenvalue weighted by atomic mass is 35.5. The van der Waals surface area contributed by atoms with Crippen LogP contribution < -0.4 is 10.9 Å². The monoisotopic (exact) mass is 355 g/mol. The van der Waals surface area contributed by atoms with Gasteiger partial charge in [-0.1, -0.05) is 41.4 Å². The maximum atomic E-state index is 12.5. The van der Waals surface area contributed by atoms with Crippen molar-refractivity contribution in [3.05, 3.63) is 75.4 Å². The normalized spacial score (nSPS) is 12.1. The first kappa shape index (κ1) is 17.2. The third kappa shape index (κ3) is 3.88. The van der Waals surface area contributed by atoms with Gasteiger partial charge < -0.3 is 9.88 Å². The molecule has 5 nitrogen and oxygen atoms in total. The van der Waals surface area contributed by atoms with E-state index in [1.54, 1.807) is 18.5 Å². The number of nitrogens with one attached hydrogen (secondary N) is 1. The third-order valence-electron chi connectivity index (χ3n) is 4.10. The zero-order chi connectivity index (χ0) is 18.0. The lowest BCUT2D eigenvalue weighted by Gasteiger charge is -2.15. The molecule has 3 rings (SSSR count). The van der Waals surface area contributed by atoms with E-state index in [0.29, 0.717) is 10.8 Å². The standard InChI is InChI=1S/C19H18ClN3O2/c1-12-3-5-14(6-4-12)13(2)22-18(24)11-23-8-7-15-10-21-17(20)9-16(15)19(23)25/h3-10,13H,11H2,1-2H3,(H,22,24)/t13-/m0/s1. The number of hydrogen-bond donors (Lipinski definition) is 1. The lowest BCUT2D eigenvalue weighted by atomic mass is 10.1. The number of carbonyl (C=O) groups is 1. The van der Waals surface area contributed by atoms with Crippen molar-refractivity contribution in [1.29, 1.82) is 0 Å². The molecule has 0 aliphatic carbocycles. The first-order valence-electron chi connectivity index (χ1n) is 7.94. The number of pyridine rings is 2. The van der Waals surface area contributed by atoms with Gasteiger partial charge in [0.1, 0.15) is 11.7 Å². The largest absolute Gasteiger partial charge is 0.348 e. The molecule has 3 aromatic rings. The molecule has 0 fully saturated rings. The van der Waals surface area contributed by atoms with Gasteiger partial charge in [0, 0.05) is 17.8 Å². The van der Waals surface area contributed by atoms with Gasteiger partial charge in [0.2, 0.25) is 5.91 Å². The van der Waals surface area contributed by atoms with Crippen molar-refractivity contribution in [2.75, 3.05) is 0 Å². The summed E-state index contributed by atoms with van der Waals surface area (Å²) in [7, 11) is 0. The van der Waals surface area contributed by atoms with Crippen LogP contribution in [0.4, 0.5) is 0 Å². The molecule has 0 unspecified atom stereocenters. The highest BCUT2D eigenvalue weighted by Gasteiger charge is 2.12. The molecule has 1 N–H and O–H groups in total. The van der Waals surface area contributed by atoms with E-state index in [2.05, 4.69) is 10.3 Å². The second-order valence-corrected chi connectivity index (χ2v) is 6.43. The SMILES string of the molecule is Cc1ccc([C@H](C)NC(=O)Cn2ccc3cnc(Cl)cc3c2=O)cc1. The van der Waals surface area contributed by atoms with Gasteiger partial charge in [-0.2, -0.15) is 0 Å². The molecule has 0 saturated heterocycles. The van der Waals surface area contributed by atoms with Gasteiger partial charge in [-0.15, -0.1) is 0 Å². The molecule has 0 aliphatic heterocycles. The van der Waals surface area contributed by atoms with Crippen molar-refractivity contribution in [2.45, 2.75) is 26.4 Å². The van der Waals surface area contributed by atoms with E-state index in [0.717, 1.165) is 11.1 Å². The second kappa shape index (κ2) is 7.07. The molecular formula is C19H18ClN3O2. The van der Waals surface area contributed by atoms with Gasteiger partial charge >= 0.3 is 0 Å². The molecule has 0 aliphatic rings. The molecule has 0 saturated carbocycles. The van der Waals surface area contributed by atoms with Gasteiger partial charge in [0.15, 0.2) is 0 Å². The fourth-order valence-corrected chi connectivity index (χ4v) is 2.81. The van der Waals surface area contributed by atoms with Gasteiger partial charge in [-0.3, -0.25) is 9.59 Å². The summed E-state index contributed by atoms with van der Waals surface area (Å²) < 4.78 is 1.37. The Kier molecular flexibility index (Phi) is 4.86. The number of nitrogens with zero attached hydrogens (tertiary/aromatic N) is 2. The maximum absolute atomic E-state index is 12.5. The lowest BCUT2D eigenvalue weighted by Crippen LogP contribution is -2.33. The Bertz CT molecular complexity index is 980. The Morgan fingerprint density at radius 1 is 1.28 bits per heavy atom. The minimum Gasteiger partial charge on any atom is -0.348 e. The summed E-state index contributed by atoms with van der Waals surface area (Å²) in [4.78, 5) is 28.8. The van der Waals surface area contributed by atoms with Crippen LogP contribution in [0.1, 0.15) is 24.1 Å². The van der Waals surface area contributed by atoms with Crippen LogP contribution in [0.25, 0.3) is 10.8 Å². The summed E-state index contributed by atoms with van der Waals surface area (Å²) in [5.74, 6) is -0.227. The predicted molar refractivity (Wildman–Crippen MR) is 98.7 cm³/mol. The van der Waals surface area contributed by atoms with Crippen molar-refractivity contribution >= 4 is 28.3 Å². The Balaban J connectivity index is 1.76. The van der Waals surface area contributed by atoms with E-state index < -0.39 is 0 Å². The molecule has 1 atom stereocenters. The fourth-order valence-electron chi connectivity index (χ4n) is 2.66. The van der Waals surface area contributed by atoms with Gasteiger partial charge in [0.25, 0.3) is 5.56 Å². The quantitative estimate of drug-likeness (QED) is 0.731. The maximum Gasteiger partial charge on any atom is 0.259 e. The van der Waals surface area contributed by atoms with Crippen molar-refractivity contribution in [3.63, 3.8) is 0 Å². The molecule has 1 aromatic carbocycles. The van der Waals surface area contributed by atoms with Crippen molar-refractivity contribution in [2.24, 2.45) is 0 Å². The van der Waals surface area contributed by atoms with Crippen LogP contribution in [0.15, 0.2) is 53.6 Å². The molecule has 6 heteroatoms. The van der Waals surface area contributed by atoms with Crippen LogP contribution in [0, 0.1) is 6.92 Å². The number of halogens is 1. The van der Waals surface area contributed by atoms with Crippen molar-refractivity contribution < 1.29 is 4.79 Å². The molecule has 25 heavy (non-hydrogen) atoms. The van der Waals surface area contributed by atoms with Crippen molar-refractivity contribution in [3.8, 4) is 0 Å². The summed E-state index contributed by atoms with van der Waals surface area (Å²) in [6, 6.07) is 11.1. The fraction of sp³-hybridized carbons (Fsp3) is 0.211.